The summed E-state index contributed by atoms with van der Waals surface area (Å²) in [7, 11) is 3.40. The Morgan fingerprint density at radius 2 is 2.19 bits per heavy atom. The summed E-state index contributed by atoms with van der Waals surface area (Å²) in [5, 5.41) is 9.94. The second-order valence-corrected chi connectivity index (χ2v) is 6.63. The molecule has 2 N–H and O–H groups in total. The Bertz CT molecular complexity index is 833. The summed E-state index contributed by atoms with van der Waals surface area (Å²) >= 11 is 0. The van der Waals surface area contributed by atoms with Crippen LogP contribution < -0.4 is 15.5 Å². The predicted octanol–water partition coefficient (Wildman–Crippen LogP) is 2.36. The number of ether oxygens (including phenoxy) is 1. The third-order valence-electron chi connectivity index (χ3n) is 4.71. The molecular weight excluding hydrogens is 346 g/mol. The average molecular weight is 371 g/mol. The van der Waals surface area contributed by atoms with Gasteiger partial charge in [0.1, 0.15) is 0 Å². The first-order valence-corrected chi connectivity index (χ1v) is 8.95. The number of urea groups is 1. The lowest BCUT2D eigenvalue weighted by atomic mass is 10.1. The summed E-state index contributed by atoms with van der Waals surface area (Å²) in [6, 6.07) is 6.83. The number of benzene rings is 1. The minimum atomic E-state index is -0.341. The Morgan fingerprint density at radius 1 is 1.37 bits per heavy atom. The van der Waals surface area contributed by atoms with Crippen LogP contribution in [0.25, 0.3) is 0 Å². The molecule has 1 aliphatic rings. The summed E-state index contributed by atoms with van der Waals surface area (Å²) in [5.74, 6) is 0.116. The van der Waals surface area contributed by atoms with Gasteiger partial charge in [0, 0.05) is 44.7 Å². The molecule has 1 saturated heterocycles. The van der Waals surface area contributed by atoms with Crippen molar-refractivity contribution in [3.8, 4) is 0 Å². The van der Waals surface area contributed by atoms with E-state index in [2.05, 4.69) is 15.7 Å². The number of carbonyl (C=O) groups excluding carboxylic acids is 2. The fraction of sp³-hybridized carbons (Fsp3) is 0.421. The van der Waals surface area contributed by atoms with E-state index >= 15 is 0 Å². The van der Waals surface area contributed by atoms with E-state index < -0.39 is 0 Å². The number of nitrogens with one attached hydrogen (secondary N) is 2. The smallest absolute Gasteiger partial charge is 0.319 e. The molecule has 3 amide bonds. The van der Waals surface area contributed by atoms with Crippen molar-refractivity contribution in [1.82, 2.24) is 15.1 Å². The van der Waals surface area contributed by atoms with E-state index in [1.165, 1.54) is 0 Å². The zero-order valence-electron chi connectivity index (χ0n) is 15.9. The summed E-state index contributed by atoms with van der Waals surface area (Å²) in [6.45, 7) is 2.96. The van der Waals surface area contributed by atoms with Gasteiger partial charge < -0.3 is 20.3 Å². The van der Waals surface area contributed by atoms with Gasteiger partial charge in [0.15, 0.2) is 0 Å². The highest BCUT2D eigenvalue weighted by Crippen LogP contribution is 2.27. The first-order chi connectivity index (χ1) is 13.0. The Morgan fingerprint density at radius 3 is 2.81 bits per heavy atom. The van der Waals surface area contributed by atoms with E-state index in [0.717, 1.165) is 23.4 Å². The number of carbonyl (C=O) groups is 2. The molecule has 8 heteroatoms. The molecule has 1 aliphatic heterocycles. The fourth-order valence-corrected chi connectivity index (χ4v) is 3.24. The fourth-order valence-electron chi connectivity index (χ4n) is 3.24. The summed E-state index contributed by atoms with van der Waals surface area (Å²) in [5.41, 5.74) is 3.24. The number of aromatic nitrogens is 2. The molecule has 1 aromatic heterocycles. The van der Waals surface area contributed by atoms with Crippen LogP contribution in [0, 0.1) is 6.92 Å². The monoisotopic (exact) mass is 371 g/mol. The molecule has 0 unspecified atom stereocenters. The summed E-state index contributed by atoms with van der Waals surface area (Å²) in [6.07, 6.45) is 3.11. The third kappa shape index (κ3) is 4.28. The summed E-state index contributed by atoms with van der Waals surface area (Å²) in [4.78, 5) is 26.3. The topological polar surface area (TPSA) is 88.5 Å². The van der Waals surface area contributed by atoms with Crippen molar-refractivity contribution in [2.24, 2.45) is 7.05 Å². The van der Waals surface area contributed by atoms with Gasteiger partial charge in [-0.3, -0.25) is 9.48 Å². The lowest BCUT2D eigenvalue weighted by Gasteiger charge is -2.21. The van der Waals surface area contributed by atoms with Gasteiger partial charge in [-0.1, -0.05) is 6.07 Å². The van der Waals surface area contributed by atoms with Gasteiger partial charge in [-0.2, -0.15) is 5.10 Å². The number of methoxy groups -OCH3 is 1. The second kappa shape index (κ2) is 8.22. The van der Waals surface area contributed by atoms with Crippen LogP contribution in [0.5, 0.6) is 0 Å². The lowest BCUT2D eigenvalue weighted by Crippen LogP contribution is -2.36. The minimum Gasteiger partial charge on any atom is -0.382 e. The number of hydrogen-bond acceptors (Lipinski definition) is 4. The van der Waals surface area contributed by atoms with E-state index in [1.54, 1.807) is 22.9 Å². The van der Waals surface area contributed by atoms with Crippen LogP contribution >= 0.6 is 0 Å². The average Bonchev–Trinajstić information content (AvgIpc) is 3.25. The molecule has 1 aromatic carbocycles. The molecule has 2 aromatic rings. The van der Waals surface area contributed by atoms with E-state index in [0.29, 0.717) is 25.3 Å². The van der Waals surface area contributed by atoms with Gasteiger partial charge in [0.05, 0.1) is 18.3 Å². The first kappa shape index (κ1) is 18.9. The normalized spacial score (nSPS) is 15.1. The standard InChI is InChI=1S/C19H25N5O3/c1-13-6-7-14(24-10-4-5-18(24)25)11-15(13)21-19(26)22-16(12-27-3)17-8-9-20-23(17)2/h6-9,11,16H,4-5,10,12H2,1-3H3,(H2,21,22,26)/t16-/m0/s1. The van der Waals surface area contributed by atoms with Gasteiger partial charge in [0.2, 0.25) is 5.91 Å². The molecule has 0 bridgehead atoms. The van der Waals surface area contributed by atoms with Gasteiger partial charge in [-0.25, -0.2) is 4.79 Å². The van der Waals surface area contributed by atoms with Crippen molar-refractivity contribution in [3.05, 3.63) is 41.7 Å². The zero-order valence-corrected chi connectivity index (χ0v) is 15.9. The number of hydrogen-bond donors (Lipinski definition) is 2. The van der Waals surface area contributed by atoms with E-state index in [9.17, 15) is 9.59 Å². The highest BCUT2D eigenvalue weighted by Gasteiger charge is 2.23. The van der Waals surface area contributed by atoms with E-state index in [1.807, 2.05) is 38.2 Å². The molecule has 1 atom stereocenters. The van der Waals surface area contributed by atoms with Gasteiger partial charge >= 0.3 is 6.03 Å². The quantitative estimate of drug-likeness (QED) is 0.816. The lowest BCUT2D eigenvalue weighted by molar-refractivity contribution is -0.117. The Hall–Kier alpha value is -2.87. The van der Waals surface area contributed by atoms with Crippen molar-refractivity contribution in [3.63, 3.8) is 0 Å². The molecule has 1 fully saturated rings. The van der Waals surface area contributed by atoms with Crippen molar-refractivity contribution >= 4 is 23.3 Å². The molecule has 8 nitrogen and oxygen atoms in total. The first-order valence-electron chi connectivity index (χ1n) is 8.95. The maximum absolute atomic E-state index is 12.6. The number of aryl methyl sites for hydroxylation is 2. The third-order valence-corrected chi connectivity index (χ3v) is 4.71. The molecule has 0 aliphatic carbocycles. The Kier molecular flexibility index (Phi) is 5.75. The Labute approximate surface area is 158 Å². The SMILES string of the molecule is COC[C@H](NC(=O)Nc1cc(N2CCCC2=O)ccc1C)c1ccnn1C. The number of nitrogens with zero attached hydrogens (tertiary/aromatic N) is 3. The van der Waals surface area contributed by atoms with Crippen LogP contribution in [-0.4, -0.2) is 42.0 Å². The molecule has 0 saturated carbocycles. The molecule has 144 valence electrons. The van der Waals surface area contributed by atoms with Crippen LogP contribution in [0.1, 0.15) is 30.1 Å². The number of anilines is 2. The second-order valence-electron chi connectivity index (χ2n) is 6.63. The van der Waals surface area contributed by atoms with Gasteiger partial charge in [0.25, 0.3) is 0 Å². The Balaban J connectivity index is 1.73. The van der Waals surface area contributed by atoms with Crippen molar-refractivity contribution in [2.45, 2.75) is 25.8 Å². The van der Waals surface area contributed by atoms with Crippen molar-refractivity contribution < 1.29 is 14.3 Å². The molecule has 0 radical (unpaired) electrons. The predicted molar refractivity (Wildman–Crippen MR) is 103 cm³/mol. The molecule has 3 rings (SSSR count). The van der Waals surface area contributed by atoms with Gasteiger partial charge in [-0.15, -0.1) is 0 Å². The molecular formula is C19H25N5O3. The highest BCUT2D eigenvalue weighted by molar-refractivity contribution is 5.97. The van der Waals surface area contributed by atoms with Gasteiger partial charge in [-0.05, 0) is 37.1 Å². The summed E-state index contributed by atoms with van der Waals surface area (Å²) < 4.78 is 6.93. The largest absolute Gasteiger partial charge is 0.382 e. The van der Waals surface area contributed by atoms with E-state index in [4.69, 9.17) is 4.74 Å². The zero-order chi connectivity index (χ0) is 19.4. The molecule has 27 heavy (non-hydrogen) atoms. The van der Waals surface area contributed by atoms with Crippen LogP contribution in [-0.2, 0) is 16.6 Å². The van der Waals surface area contributed by atoms with Crippen LogP contribution in [0.3, 0.4) is 0 Å². The van der Waals surface area contributed by atoms with Crippen molar-refractivity contribution in [2.75, 3.05) is 30.5 Å². The molecule has 2 heterocycles. The highest BCUT2D eigenvalue weighted by atomic mass is 16.5. The minimum absolute atomic E-state index is 0.116. The maximum Gasteiger partial charge on any atom is 0.319 e. The number of rotatable bonds is 6. The van der Waals surface area contributed by atoms with Crippen LogP contribution in [0.15, 0.2) is 30.5 Å². The van der Waals surface area contributed by atoms with Crippen LogP contribution in [0.2, 0.25) is 0 Å². The molecule has 0 spiro atoms. The maximum atomic E-state index is 12.6. The van der Waals surface area contributed by atoms with Crippen molar-refractivity contribution in [1.29, 1.82) is 0 Å². The van der Waals surface area contributed by atoms with E-state index in [-0.39, 0.29) is 18.0 Å². The number of amides is 3. The van der Waals surface area contributed by atoms with Crippen LogP contribution in [0.4, 0.5) is 16.2 Å².